The monoisotopic (exact) mass is 280 g/mol. The first-order valence-electron chi connectivity index (χ1n) is 5.56. The van der Waals surface area contributed by atoms with E-state index in [1.54, 1.807) is 0 Å². The zero-order valence-corrected chi connectivity index (χ0v) is 11.3. The molecule has 2 atom stereocenters. The minimum absolute atomic E-state index is 0.258. The fourth-order valence-electron chi connectivity index (χ4n) is 1.70. The summed E-state index contributed by atoms with van der Waals surface area (Å²) in [5.41, 5.74) is 1.24. The molecule has 0 bridgehead atoms. The Morgan fingerprint density at radius 3 is 2.69 bits per heavy atom. The van der Waals surface area contributed by atoms with Gasteiger partial charge in [-0.25, -0.2) is 0 Å². The van der Waals surface area contributed by atoms with Gasteiger partial charge in [-0.2, -0.15) is 5.26 Å². The van der Waals surface area contributed by atoms with Crippen LogP contribution in [0, 0.1) is 11.3 Å². The largest absolute Gasteiger partial charge is 0.306 e. The van der Waals surface area contributed by atoms with E-state index in [0.717, 1.165) is 10.9 Å². The van der Waals surface area contributed by atoms with E-state index in [-0.39, 0.29) is 12.1 Å². The van der Waals surface area contributed by atoms with Crippen LogP contribution in [0.1, 0.15) is 38.3 Å². The van der Waals surface area contributed by atoms with Crippen molar-refractivity contribution in [3.8, 4) is 6.07 Å². The third kappa shape index (κ3) is 3.62. The Hall–Kier alpha value is -0.850. The van der Waals surface area contributed by atoms with E-state index in [1.807, 2.05) is 18.2 Å². The van der Waals surface area contributed by atoms with Crippen LogP contribution in [0.3, 0.4) is 0 Å². The van der Waals surface area contributed by atoms with Gasteiger partial charge >= 0.3 is 0 Å². The number of nitriles is 1. The molecule has 3 heteroatoms. The molecule has 1 N–H and O–H groups in total. The van der Waals surface area contributed by atoms with Crippen molar-refractivity contribution >= 4 is 15.9 Å². The van der Waals surface area contributed by atoms with Crippen LogP contribution in [0.5, 0.6) is 0 Å². The third-order valence-corrected chi connectivity index (χ3v) is 3.41. The van der Waals surface area contributed by atoms with Gasteiger partial charge in [0.15, 0.2) is 0 Å². The van der Waals surface area contributed by atoms with Crippen molar-refractivity contribution in [2.75, 3.05) is 0 Å². The number of nitrogens with zero attached hydrogens (tertiary/aromatic N) is 1. The second-order valence-electron chi connectivity index (χ2n) is 3.88. The molecular weight excluding hydrogens is 264 g/mol. The minimum atomic E-state index is 0.258. The smallest absolute Gasteiger partial charge is 0.0638 e. The lowest BCUT2D eigenvalue weighted by molar-refractivity contribution is 0.447. The van der Waals surface area contributed by atoms with Gasteiger partial charge in [0, 0.05) is 16.6 Å². The van der Waals surface area contributed by atoms with Gasteiger partial charge in [0.25, 0.3) is 0 Å². The van der Waals surface area contributed by atoms with E-state index in [4.69, 9.17) is 5.26 Å². The SMILES string of the molecule is CCC(CC#N)N[C@@H](C)c1ccccc1Br. The first-order valence-corrected chi connectivity index (χ1v) is 6.35. The molecule has 86 valence electrons. The molecule has 0 heterocycles. The Labute approximate surface area is 106 Å². The highest BCUT2D eigenvalue weighted by Gasteiger charge is 2.13. The van der Waals surface area contributed by atoms with E-state index in [2.05, 4.69) is 47.2 Å². The van der Waals surface area contributed by atoms with Crippen LogP contribution >= 0.6 is 15.9 Å². The fourth-order valence-corrected chi connectivity index (χ4v) is 2.33. The summed E-state index contributed by atoms with van der Waals surface area (Å²) >= 11 is 3.54. The molecule has 0 aromatic heterocycles. The van der Waals surface area contributed by atoms with Gasteiger partial charge in [0.2, 0.25) is 0 Å². The van der Waals surface area contributed by atoms with Gasteiger partial charge < -0.3 is 5.32 Å². The molecule has 1 unspecified atom stereocenters. The molecule has 0 aliphatic rings. The van der Waals surface area contributed by atoms with Gasteiger partial charge in [0.1, 0.15) is 0 Å². The second-order valence-corrected chi connectivity index (χ2v) is 4.73. The number of benzene rings is 1. The molecule has 2 nitrogen and oxygen atoms in total. The van der Waals surface area contributed by atoms with Crippen molar-refractivity contribution in [2.45, 2.75) is 38.8 Å². The summed E-state index contributed by atoms with van der Waals surface area (Å²) in [7, 11) is 0. The summed E-state index contributed by atoms with van der Waals surface area (Å²) in [5, 5.41) is 12.2. The standard InChI is InChI=1S/C13H17BrN2/c1-3-11(8-9-15)16-10(2)12-6-4-5-7-13(12)14/h4-7,10-11,16H,3,8H2,1-2H3/t10-,11?/m0/s1. The van der Waals surface area contributed by atoms with Crippen LogP contribution < -0.4 is 5.32 Å². The highest BCUT2D eigenvalue weighted by atomic mass is 79.9. The molecule has 0 fully saturated rings. The zero-order chi connectivity index (χ0) is 12.0. The van der Waals surface area contributed by atoms with Crippen molar-refractivity contribution in [2.24, 2.45) is 0 Å². The molecule has 0 saturated heterocycles. The second kappa shape index (κ2) is 6.67. The molecule has 0 radical (unpaired) electrons. The Morgan fingerprint density at radius 2 is 2.12 bits per heavy atom. The highest BCUT2D eigenvalue weighted by molar-refractivity contribution is 9.10. The van der Waals surface area contributed by atoms with Crippen LogP contribution in [0.25, 0.3) is 0 Å². The summed E-state index contributed by atoms with van der Waals surface area (Å²) in [6.07, 6.45) is 1.54. The van der Waals surface area contributed by atoms with E-state index in [1.165, 1.54) is 5.56 Å². The Balaban J connectivity index is 2.68. The molecule has 1 aromatic rings. The predicted molar refractivity (Wildman–Crippen MR) is 70.0 cm³/mol. The molecule has 0 amide bonds. The molecule has 1 rings (SSSR count). The maximum absolute atomic E-state index is 8.71. The van der Waals surface area contributed by atoms with Crippen LogP contribution in [0.2, 0.25) is 0 Å². The van der Waals surface area contributed by atoms with Crippen molar-refractivity contribution in [1.29, 1.82) is 5.26 Å². The first-order chi connectivity index (χ1) is 7.69. The Kier molecular flexibility index (Phi) is 5.51. The molecular formula is C13H17BrN2. The van der Waals surface area contributed by atoms with Crippen molar-refractivity contribution < 1.29 is 0 Å². The zero-order valence-electron chi connectivity index (χ0n) is 9.70. The average Bonchev–Trinajstić information content (AvgIpc) is 2.28. The summed E-state index contributed by atoms with van der Waals surface area (Å²) in [4.78, 5) is 0. The van der Waals surface area contributed by atoms with E-state index >= 15 is 0 Å². The molecule has 0 spiro atoms. The topological polar surface area (TPSA) is 35.8 Å². The maximum Gasteiger partial charge on any atom is 0.0638 e. The van der Waals surface area contributed by atoms with Gasteiger partial charge in [-0.1, -0.05) is 41.1 Å². The van der Waals surface area contributed by atoms with Crippen molar-refractivity contribution in [3.63, 3.8) is 0 Å². The summed E-state index contributed by atoms with van der Waals surface area (Å²) < 4.78 is 1.11. The fraction of sp³-hybridized carbons (Fsp3) is 0.462. The normalized spacial score (nSPS) is 14.1. The van der Waals surface area contributed by atoms with Gasteiger partial charge in [0.05, 0.1) is 12.5 Å². The number of hydrogen-bond donors (Lipinski definition) is 1. The Bertz CT molecular complexity index is 370. The number of halogens is 1. The van der Waals surface area contributed by atoms with Crippen molar-refractivity contribution in [3.05, 3.63) is 34.3 Å². The Morgan fingerprint density at radius 1 is 1.44 bits per heavy atom. The lowest BCUT2D eigenvalue weighted by Gasteiger charge is -2.21. The average molecular weight is 281 g/mol. The number of nitrogens with one attached hydrogen (secondary N) is 1. The lowest BCUT2D eigenvalue weighted by Crippen LogP contribution is -2.30. The van der Waals surface area contributed by atoms with Crippen LogP contribution in [0.4, 0.5) is 0 Å². The van der Waals surface area contributed by atoms with E-state index in [9.17, 15) is 0 Å². The number of hydrogen-bond acceptors (Lipinski definition) is 2. The van der Waals surface area contributed by atoms with Crippen LogP contribution in [-0.4, -0.2) is 6.04 Å². The van der Waals surface area contributed by atoms with E-state index in [0.29, 0.717) is 6.42 Å². The lowest BCUT2D eigenvalue weighted by atomic mass is 10.1. The first kappa shape index (κ1) is 13.2. The van der Waals surface area contributed by atoms with Crippen LogP contribution in [0.15, 0.2) is 28.7 Å². The predicted octanol–water partition coefficient (Wildman–Crippen LogP) is 3.79. The molecule has 0 aliphatic carbocycles. The summed E-state index contributed by atoms with van der Waals surface area (Å²) in [5.74, 6) is 0. The van der Waals surface area contributed by atoms with E-state index < -0.39 is 0 Å². The van der Waals surface area contributed by atoms with Crippen LogP contribution in [-0.2, 0) is 0 Å². The number of rotatable bonds is 5. The third-order valence-electron chi connectivity index (χ3n) is 2.69. The van der Waals surface area contributed by atoms with Gasteiger partial charge in [-0.3, -0.25) is 0 Å². The molecule has 0 saturated carbocycles. The minimum Gasteiger partial charge on any atom is -0.306 e. The van der Waals surface area contributed by atoms with Gasteiger partial charge in [-0.15, -0.1) is 0 Å². The quantitative estimate of drug-likeness (QED) is 0.891. The van der Waals surface area contributed by atoms with Gasteiger partial charge in [-0.05, 0) is 25.0 Å². The summed E-state index contributed by atoms with van der Waals surface area (Å²) in [6, 6.07) is 10.9. The molecule has 16 heavy (non-hydrogen) atoms. The molecule has 1 aromatic carbocycles. The highest BCUT2D eigenvalue weighted by Crippen LogP contribution is 2.23. The maximum atomic E-state index is 8.71. The molecule has 0 aliphatic heterocycles. The van der Waals surface area contributed by atoms with Crippen molar-refractivity contribution in [1.82, 2.24) is 5.32 Å². The summed E-state index contributed by atoms with van der Waals surface area (Å²) in [6.45, 7) is 4.22.